The van der Waals surface area contributed by atoms with Crippen molar-refractivity contribution in [3.63, 3.8) is 0 Å². The zero-order chi connectivity index (χ0) is 14.7. The van der Waals surface area contributed by atoms with Crippen molar-refractivity contribution >= 4 is 29.9 Å². The first-order chi connectivity index (χ1) is 9.49. The Bertz CT molecular complexity index is 479. The summed E-state index contributed by atoms with van der Waals surface area (Å²) in [4.78, 5) is 12.4. The van der Waals surface area contributed by atoms with Gasteiger partial charge >= 0.3 is 0 Å². The predicted molar refractivity (Wildman–Crippen MR) is 89.7 cm³/mol. The quantitative estimate of drug-likeness (QED) is 0.884. The van der Waals surface area contributed by atoms with Gasteiger partial charge in [-0.1, -0.05) is 43.6 Å². The van der Waals surface area contributed by atoms with E-state index in [1.165, 1.54) is 0 Å². The number of amides is 1. The van der Waals surface area contributed by atoms with E-state index in [4.69, 9.17) is 17.3 Å². The third-order valence-corrected chi connectivity index (χ3v) is 4.39. The van der Waals surface area contributed by atoms with Crippen LogP contribution in [0.1, 0.15) is 44.7 Å². The second kappa shape index (κ2) is 8.02. The second-order valence-corrected chi connectivity index (χ2v) is 6.43. The van der Waals surface area contributed by atoms with Crippen LogP contribution in [-0.2, 0) is 4.79 Å². The third kappa shape index (κ3) is 4.60. The lowest BCUT2D eigenvalue weighted by atomic mass is 9.94. The van der Waals surface area contributed by atoms with Gasteiger partial charge in [0, 0.05) is 17.0 Å². The number of carbonyl (C=O) groups excluding carboxylic acids is 1. The normalized spacial score (nSPS) is 22.7. The number of halogens is 2. The molecule has 3 unspecified atom stereocenters. The van der Waals surface area contributed by atoms with E-state index >= 15 is 0 Å². The van der Waals surface area contributed by atoms with Gasteiger partial charge in [0.05, 0.1) is 6.04 Å². The highest BCUT2D eigenvalue weighted by molar-refractivity contribution is 6.31. The molecule has 1 saturated carbocycles. The molecular weight excluding hydrogens is 307 g/mol. The molecule has 118 valence electrons. The van der Waals surface area contributed by atoms with Gasteiger partial charge in [-0.3, -0.25) is 4.79 Å². The first-order valence-corrected chi connectivity index (χ1v) is 7.67. The topological polar surface area (TPSA) is 55.1 Å². The van der Waals surface area contributed by atoms with Crippen LogP contribution in [0, 0.1) is 11.8 Å². The molecule has 0 aromatic heterocycles. The summed E-state index contributed by atoms with van der Waals surface area (Å²) < 4.78 is 0. The summed E-state index contributed by atoms with van der Waals surface area (Å²) in [5.41, 5.74) is 6.87. The second-order valence-electron chi connectivity index (χ2n) is 6.02. The molecule has 0 spiro atoms. The molecule has 1 aliphatic rings. The van der Waals surface area contributed by atoms with Gasteiger partial charge < -0.3 is 11.1 Å². The van der Waals surface area contributed by atoms with E-state index in [1.807, 2.05) is 24.3 Å². The smallest absolute Gasteiger partial charge is 0.223 e. The summed E-state index contributed by atoms with van der Waals surface area (Å²) in [6, 6.07) is 7.82. The average Bonchev–Trinajstić information content (AvgIpc) is 2.83. The average molecular weight is 331 g/mol. The molecule has 5 heteroatoms. The largest absolute Gasteiger partial charge is 0.349 e. The van der Waals surface area contributed by atoms with Gasteiger partial charge in [0.2, 0.25) is 5.91 Å². The van der Waals surface area contributed by atoms with E-state index in [0.29, 0.717) is 5.02 Å². The van der Waals surface area contributed by atoms with E-state index in [0.717, 1.165) is 24.8 Å². The van der Waals surface area contributed by atoms with Crippen LogP contribution in [0.2, 0.25) is 5.02 Å². The molecule has 1 amide bonds. The molecule has 1 aromatic carbocycles. The molecule has 0 heterocycles. The Balaban J connectivity index is 0.00000220. The molecule has 1 fully saturated rings. The van der Waals surface area contributed by atoms with Crippen molar-refractivity contribution in [1.82, 2.24) is 5.32 Å². The van der Waals surface area contributed by atoms with Crippen molar-refractivity contribution in [2.75, 3.05) is 0 Å². The Labute approximate surface area is 138 Å². The van der Waals surface area contributed by atoms with Crippen molar-refractivity contribution in [3.8, 4) is 0 Å². The van der Waals surface area contributed by atoms with Crippen molar-refractivity contribution in [2.45, 2.75) is 45.2 Å². The molecule has 1 aliphatic carbocycles. The number of benzene rings is 1. The molecule has 0 aliphatic heterocycles. The summed E-state index contributed by atoms with van der Waals surface area (Å²) in [6.45, 7) is 4.18. The van der Waals surface area contributed by atoms with Crippen molar-refractivity contribution in [3.05, 3.63) is 34.9 Å². The molecule has 3 N–H and O–H groups in total. The summed E-state index contributed by atoms with van der Waals surface area (Å²) in [7, 11) is 0. The van der Waals surface area contributed by atoms with Crippen LogP contribution in [0.15, 0.2) is 24.3 Å². The highest BCUT2D eigenvalue weighted by Crippen LogP contribution is 2.30. The van der Waals surface area contributed by atoms with Crippen LogP contribution < -0.4 is 11.1 Å². The molecule has 1 aromatic rings. The maximum absolute atomic E-state index is 12.4. The maximum Gasteiger partial charge on any atom is 0.223 e. The highest BCUT2D eigenvalue weighted by atomic mass is 35.5. The lowest BCUT2D eigenvalue weighted by molar-refractivity contribution is -0.125. The first-order valence-electron chi connectivity index (χ1n) is 7.29. The van der Waals surface area contributed by atoms with Crippen molar-refractivity contribution in [2.24, 2.45) is 17.6 Å². The van der Waals surface area contributed by atoms with E-state index in [1.54, 1.807) is 0 Å². The lowest BCUT2D eigenvalue weighted by Crippen LogP contribution is -2.36. The van der Waals surface area contributed by atoms with Crippen LogP contribution in [0.25, 0.3) is 0 Å². The van der Waals surface area contributed by atoms with Gasteiger partial charge in [-0.15, -0.1) is 12.4 Å². The summed E-state index contributed by atoms with van der Waals surface area (Å²) in [6.07, 6.45) is 2.62. The first kappa shape index (κ1) is 18.3. The summed E-state index contributed by atoms with van der Waals surface area (Å²) >= 11 is 6.26. The molecule has 0 bridgehead atoms. The zero-order valence-corrected chi connectivity index (χ0v) is 14.1. The Morgan fingerprint density at radius 1 is 1.33 bits per heavy atom. The Hall–Kier alpha value is -0.770. The standard InChI is InChI=1S/C16H23ClN2O.ClH/c1-10(2)15(13-5-3-4-6-14(13)17)19-16(20)11-7-8-12(18)9-11;/h3-6,10-12,15H,7-9,18H2,1-2H3,(H,19,20);1H. The van der Waals surface area contributed by atoms with Gasteiger partial charge in [0.15, 0.2) is 0 Å². The van der Waals surface area contributed by atoms with E-state index in [9.17, 15) is 4.79 Å². The zero-order valence-electron chi connectivity index (χ0n) is 12.5. The van der Waals surface area contributed by atoms with Crippen LogP contribution in [0.3, 0.4) is 0 Å². The Kier molecular flexibility index (Phi) is 6.98. The van der Waals surface area contributed by atoms with Gasteiger partial charge in [-0.25, -0.2) is 0 Å². The fourth-order valence-electron chi connectivity index (χ4n) is 2.86. The Morgan fingerprint density at radius 2 is 2.00 bits per heavy atom. The summed E-state index contributed by atoms with van der Waals surface area (Å²) in [5.74, 6) is 0.444. The van der Waals surface area contributed by atoms with Gasteiger partial charge in [0.25, 0.3) is 0 Å². The molecular formula is C16H24Cl2N2O. The minimum Gasteiger partial charge on any atom is -0.349 e. The predicted octanol–water partition coefficient (Wildman–Crippen LogP) is 3.70. The number of nitrogens with two attached hydrogens (primary N) is 1. The van der Waals surface area contributed by atoms with Crippen LogP contribution in [0.5, 0.6) is 0 Å². The molecule has 0 saturated heterocycles. The van der Waals surface area contributed by atoms with Gasteiger partial charge in [0.1, 0.15) is 0 Å². The van der Waals surface area contributed by atoms with E-state index < -0.39 is 0 Å². The minimum absolute atomic E-state index is 0. The molecule has 21 heavy (non-hydrogen) atoms. The van der Waals surface area contributed by atoms with E-state index in [2.05, 4.69) is 19.2 Å². The molecule has 2 rings (SSSR count). The van der Waals surface area contributed by atoms with Gasteiger partial charge in [-0.2, -0.15) is 0 Å². The highest BCUT2D eigenvalue weighted by Gasteiger charge is 2.30. The number of carbonyl (C=O) groups is 1. The Morgan fingerprint density at radius 3 is 2.52 bits per heavy atom. The third-order valence-electron chi connectivity index (χ3n) is 4.05. The number of nitrogens with one attached hydrogen (secondary N) is 1. The van der Waals surface area contributed by atoms with Gasteiger partial charge in [-0.05, 0) is 36.8 Å². The van der Waals surface area contributed by atoms with Crippen molar-refractivity contribution in [1.29, 1.82) is 0 Å². The molecule has 0 radical (unpaired) electrons. The number of hydrogen-bond acceptors (Lipinski definition) is 2. The molecule has 3 atom stereocenters. The van der Waals surface area contributed by atoms with Crippen LogP contribution in [0.4, 0.5) is 0 Å². The minimum atomic E-state index is -0.0481. The summed E-state index contributed by atoms with van der Waals surface area (Å²) in [5, 5.41) is 3.86. The lowest BCUT2D eigenvalue weighted by Gasteiger charge is -2.25. The maximum atomic E-state index is 12.4. The SMILES string of the molecule is CC(C)C(NC(=O)C1CCC(N)C1)c1ccccc1Cl.Cl. The van der Waals surface area contributed by atoms with Crippen LogP contribution in [-0.4, -0.2) is 11.9 Å². The monoisotopic (exact) mass is 330 g/mol. The van der Waals surface area contributed by atoms with Crippen molar-refractivity contribution < 1.29 is 4.79 Å². The fraction of sp³-hybridized carbons (Fsp3) is 0.562. The van der Waals surface area contributed by atoms with Crippen LogP contribution >= 0.6 is 24.0 Å². The number of rotatable bonds is 4. The molecule has 3 nitrogen and oxygen atoms in total. The van der Waals surface area contributed by atoms with E-state index in [-0.39, 0.29) is 42.2 Å². The fourth-order valence-corrected chi connectivity index (χ4v) is 3.11. The number of hydrogen-bond donors (Lipinski definition) is 2.